The Balaban J connectivity index is 1.82. The molecular weight excluding hydrogens is 334 g/mol. The van der Waals surface area contributed by atoms with Crippen LogP contribution in [0.3, 0.4) is 0 Å². The van der Waals surface area contributed by atoms with Gasteiger partial charge in [0.1, 0.15) is 5.75 Å². The van der Waals surface area contributed by atoms with Crippen LogP contribution < -0.4 is 10.1 Å². The molecule has 3 rings (SSSR count). The third kappa shape index (κ3) is 5.08. The van der Waals surface area contributed by atoms with Gasteiger partial charge in [-0.1, -0.05) is 78.9 Å². The second-order valence-corrected chi connectivity index (χ2v) is 6.16. The summed E-state index contributed by atoms with van der Waals surface area (Å²) in [5, 5.41) is 3.04. The minimum atomic E-state index is -0.0944. The number of benzene rings is 3. The summed E-state index contributed by atoms with van der Waals surface area (Å²) >= 11 is 0. The number of methoxy groups -OCH3 is 1. The van der Waals surface area contributed by atoms with Gasteiger partial charge < -0.3 is 10.1 Å². The molecule has 0 unspecified atom stereocenters. The summed E-state index contributed by atoms with van der Waals surface area (Å²) in [6.07, 6.45) is 2.68. The fraction of sp³-hybridized carbons (Fsp3) is 0.125. The van der Waals surface area contributed by atoms with E-state index in [9.17, 15) is 4.79 Å². The minimum absolute atomic E-state index is 0.0944. The molecule has 136 valence electrons. The zero-order valence-electron chi connectivity index (χ0n) is 15.4. The highest BCUT2D eigenvalue weighted by Crippen LogP contribution is 2.24. The Kier molecular flexibility index (Phi) is 6.42. The largest absolute Gasteiger partial charge is 0.496 e. The van der Waals surface area contributed by atoms with E-state index in [2.05, 4.69) is 17.4 Å². The van der Waals surface area contributed by atoms with Gasteiger partial charge in [0.05, 0.1) is 7.11 Å². The lowest BCUT2D eigenvalue weighted by molar-refractivity contribution is -0.115. The van der Waals surface area contributed by atoms with Crippen molar-refractivity contribution in [2.24, 2.45) is 0 Å². The number of carbonyl (C=O) groups is 1. The Morgan fingerprint density at radius 2 is 1.52 bits per heavy atom. The van der Waals surface area contributed by atoms with E-state index in [1.807, 2.05) is 78.9 Å². The molecule has 27 heavy (non-hydrogen) atoms. The monoisotopic (exact) mass is 357 g/mol. The van der Waals surface area contributed by atoms with Crippen LogP contribution in [0.1, 0.15) is 16.7 Å². The highest BCUT2D eigenvalue weighted by molar-refractivity contribution is 6.24. The summed E-state index contributed by atoms with van der Waals surface area (Å²) in [6, 6.07) is 27.5. The van der Waals surface area contributed by atoms with E-state index < -0.39 is 0 Å². The Hall–Kier alpha value is -3.33. The highest BCUT2D eigenvalue weighted by atomic mass is 16.5. The Bertz CT molecular complexity index is 902. The van der Waals surface area contributed by atoms with Crippen LogP contribution in [0, 0.1) is 0 Å². The second-order valence-electron chi connectivity index (χ2n) is 6.16. The van der Waals surface area contributed by atoms with Gasteiger partial charge in [-0.2, -0.15) is 0 Å². The number of hydrogen-bond donors (Lipinski definition) is 1. The zero-order valence-corrected chi connectivity index (χ0v) is 15.4. The Morgan fingerprint density at radius 3 is 2.22 bits per heavy atom. The molecule has 0 spiro atoms. The van der Waals surface area contributed by atoms with Crippen molar-refractivity contribution in [3.8, 4) is 5.75 Å². The van der Waals surface area contributed by atoms with E-state index in [1.165, 1.54) is 5.56 Å². The Labute approximate surface area is 160 Å². The number of hydrogen-bond acceptors (Lipinski definition) is 2. The van der Waals surface area contributed by atoms with Crippen molar-refractivity contribution in [2.45, 2.75) is 6.42 Å². The fourth-order valence-electron chi connectivity index (χ4n) is 2.90. The topological polar surface area (TPSA) is 38.3 Å². The molecule has 0 heterocycles. The maximum absolute atomic E-state index is 12.9. The smallest absolute Gasteiger partial charge is 0.251 e. The van der Waals surface area contributed by atoms with Crippen LogP contribution in [-0.2, 0) is 11.2 Å². The average molecular weight is 357 g/mol. The Morgan fingerprint density at radius 1 is 0.889 bits per heavy atom. The highest BCUT2D eigenvalue weighted by Gasteiger charge is 2.13. The lowest BCUT2D eigenvalue weighted by Crippen LogP contribution is -2.26. The molecule has 0 aliphatic carbocycles. The third-order valence-electron chi connectivity index (χ3n) is 4.31. The maximum Gasteiger partial charge on any atom is 0.251 e. The van der Waals surface area contributed by atoms with Gasteiger partial charge in [-0.15, -0.1) is 0 Å². The first-order chi connectivity index (χ1) is 13.3. The van der Waals surface area contributed by atoms with Gasteiger partial charge in [-0.25, -0.2) is 0 Å². The van der Waals surface area contributed by atoms with E-state index >= 15 is 0 Å². The van der Waals surface area contributed by atoms with E-state index in [0.717, 1.165) is 23.3 Å². The maximum atomic E-state index is 12.9. The van der Waals surface area contributed by atoms with Gasteiger partial charge in [0.25, 0.3) is 5.91 Å². The van der Waals surface area contributed by atoms with Crippen molar-refractivity contribution in [2.75, 3.05) is 13.7 Å². The van der Waals surface area contributed by atoms with Crippen molar-refractivity contribution >= 4 is 17.6 Å². The van der Waals surface area contributed by atoms with Crippen LogP contribution in [0.15, 0.2) is 84.9 Å². The van der Waals surface area contributed by atoms with Crippen molar-refractivity contribution in [1.82, 2.24) is 5.32 Å². The van der Waals surface area contributed by atoms with Gasteiger partial charge in [-0.05, 0) is 29.7 Å². The van der Waals surface area contributed by atoms with Crippen LogP contribution in [0.5, 0.6) is 5.75 Å². The van der Waals surface area contributed by atoms with E-state index in [1.54, 1.807) is 7.11 Å². The van der Waals surface area contributed by atoms with Crippen LogP contribution in [0.2, 0.25) is 0 Å². The first-order valence-corrected chi connectivity index (χ1v) is 9.00. The molecule has 0 saturated carbocycles. The predicted molar refractivity (Wildman–Crippen MR) is 110 cm³/mol. The molecule has 0 aliphatic rings. The number of ether oxygens (including phenoxy) is 1. The molecule has 3 aromatic rings. The quantitative estimate of drug-likeness (QED) is 0.496. The van der Waals surface area contributed by atoms with Gasteiger partial charge in [0.15, 0.2) is 0 Å². The minimum Gasteiger partial charge on any atom is -0.496 e. The third-order valence-corrected chi connectivity index (χ3v) is 4.31. The summed E-state index contributed by atoms with van der Waals surface area (Å²) in [5.74, 6) is 0.644. The molecule has 0 saturated heterocycles. The molecule has 0 aliphatic heterocycles. The number of nitrogens with one attached hydrogen (secondary N) is 1. The van der Waals surface area contributed by atoms with Crippen molar-refractivity contribution in [3.05, 3.63) is 102 Å². The first-order valence-electron chi connectivity index (χ1n) is 9.00. The second kappa shape index (κ2) is 9.39. The van der Waals surface area contributed by atoms with E-state index in [0.29, 0.717) is 12.1 Å². The summed E-state index contributed by atoms with van der Waals surface area (Å²) in [5.41, 5.74) is 3.57. The van der Waals surface area contributed by atoms with Crippen LogP contribution in [0.25, 0.3) is 11.6 Å². The van der Waals surface area contributed by atoms with Crippen LogP contribution >= 0.6 is 0 Å². The van der Waals surface area contributed by atoms with Crippen LogP contribution in [0.4, 0.5) is 0 Å². The molecule has 0 fully saturated rings. The molecule has 0 bridgehead atoms. The number of amides is 1. The average Bonchev–Trinajstić information content (AvgIpc) is 2.73. The molecule has 3 nitrogen and oxygen atoms in total. The summed E-state index contributed by atoms with van der Waals surface area (Å²) in [6.45, 7) is 0.582. The summed E-state index contributed by atoms with van der Waals surface area (Å²) in [4.78, 5) is 12.9. The normalized spacial score (nSPS) is 11.1. The number of rotatable bonds is 7. The SMILES string of the molecule is COc1ccccc1/C=C(\C(=O)NCCc1ccccc1)c1ccccc1. The van der Waals surface area contributed by atoms with Crippen LogP contribution in [-0.4, -0.2) is 19.6 Å². The molecule has 1 amide bonds. The van der Waals surface area contributed by atoms with E-state index in [-0.39, 0.29) is 5.91 Å². The number of para-hydroxylation sites is 1. The lowest BCUT2D eigenvalue weighted by atomic mass is 10.0. The van der Waals surface area contributed by atoms with Gasteiger partial charge >= 0.3 is 0 Å². The first kappa shape index (κ1) is 18.5. The molecule has 3 aromatic carbocycles. The molecule has 1 N–H and O–H groups in total. The van der Waals surface area contributed by atoms with Crippen molar-refractivity contribution in [3.63, 3.8) is 0 Å². The standard InChI is InChI=1S/C24H23NO2/c1-27-23-15-9-8-14-21(23)18-22(20-12-6-3-7-13-20)24(26)25-17-16-19-10-4-2-5-11-19/h2-15,18H,16-17H2,1H3,(H,25,26)/b22-18-. The van der Waals surface area contributed by atoms with Crippen molar-refractivity contribution in [1.29, 1.82) is 0 Å². The molecule has 0 atom stereocenters. The van der Waals surface area contributed by atoms with Gasteiger partial charge in [0.2, 0.25) is 0 Å². The van der Waals surface area contributed by atoms with E-state index in [4.69, 9.17) is 4.74 Å². The molecule has 3 heteroatoms. The predicted octanol–water partition coefficient (Wildman–Crippen LogP) is 4.59. The molecular formula is C24H23NO2. The van der Waals surface area contributed by atoms with Gasteiger partial charge in [0, 0.05) is 17.7 Å². The van der Waals surface area contributed by atoms with Gasteiger partial charge in [-0.3, -0.25) is 4.79 Å². The fourth-order valence-corrected chi connectivity index (χ4v) is 2.90. The summed E-state index contributed by atoms with van der Waals surface area (Å²) < 4.78 is 5.42. The lowest BCUT2D eigenvalue weighted by Gasteiger charge is -2.11. The molecule has 0 radical (unpaired) electrons. The molecule has 0 aromatic heterocycles. The summed E-state index contributed by atoms with van der Waals surface area (Å²) in [7, 11) is 1.63. The van der Waals surface area contributed by atoms with Crippen molar-refractivity contribution < 1.29 is 9.53 Å². The zero-order chi connectivity index (χ0) is 18.9. The number of carbonyl (C=O) groups excluding carboxylic acids is 1.